The molecule has 0 aliphatic heterocycles. The van der Waals surface area contributed by atoms with Crippen LogP contribution in [0.2, 0.25) is 0 Å². The van der Waals surface area contributed by atoms with Crippen LogP contribution in [-0.4, -0.2) is 34.2 Å². The van der Waals surface area contributed by atoms with Gasteiger partial charge in [-0.05, 0) is 24.7 Å². The van der Waals surface area contributed by atoms with E-state index >= 15 is 0 Å². The second-order valence-electron chi connectivity index (χ2n) is 5.17. The SMILES string of the molecule is CC(C)C[C@@H](O)C(=O)N[C@@H](CC(C)C)C(=O)O. The lowest BCUT2D eigenvalue weighted by Gasteiger charge is -2.19. The fraction of sp³-hybridized carbons (Fsp3) is 0.833. The highest BCUT2D eigenvalue weighted by molar-refractivity contribution is 5.86. The van der Waals surface area contributed by atoms with Crippen molar-refractivity contribution in [3.63, 3.8) is 0 Å². The fourth-order valence-electron chi connectivity index (χ4n) is 1.51. The van der Waals surface area contributed by atoms with Gasteiger partial charge in [-0.1, -0.05) is 27.7 Å². The standard InChI is InChI=1S/C12H23NO4/c1-7(2)5-9(12(16)17)13-11(15)10(14)6-8(3)4/h7-10,14H,5-6H2,1-4H3,(H,13,15)(H,16,17)/t9-,10+/m0/s1. The molecule has 0 saturated carbocycles. The third-order valence-corrected chi connectivity index (χ3v) is 2.32. The molecule has 0 aliphatic carbocycles. The summed E-state index contributed by atoms with van der Waals surface area (Å²) in [5.74, 6) is -1.32. The highest BCUT2D eigenvalue weighted by Crippen LogP contribution is 2.08. The van der Waals surface area contributed by atoms with E-state index in [1.165, 1.54) is 0 Å². The molecular weight excluding hydrogens is 222 g/mol. The molecule has 0 saturated heterocycles. The van der Waals surface area contributed by atoms with Crippen molar-refractivity contribution in [1.29, 1.82) is 0 Å². The van der Waals surface area contributed by atoms with Crippen molar-refractivity contribution < 1.29 is 19.8 Å². The van der Waals surface area contributed by atoms with Crippen LogP contribution in [-0.2, 0) is 9.59 Å². The molecule has 3 N–H and O–H groups in total. The highest BCUT2D eigenvalue weighted by atomic mass is 16.4. The Morgan fingerprint density at radius 3 is 1.88 bits per heavy atom. The van der Waals surface area contributed by atoms with E-state index in [9.17, 15) is 14.7 Å². The second-order valence-corrected chi connectivity index (χ2v) is 5.17. The lowest BCUT2D eigenvalue weighted by Crippen LogP contribution is -2.46. The van der Waals surface area contributed by atoms with Crippen molar-refractivity contribution in [2.45, 2.75) is 52.7 Å². The van der Waals surface area contributed by atoms with Gasteiger partial charge in [0, 0.05) is 0 Å². The molecule has 1 amide bonds. The average molecular weight is 245 g/mol. The van der Waals surface area contributed by atoms with Crippen LogP contribution in [0.5, 0.6) is 0 Å². The Hall–Kier alpha value is -1.10. The van der Waals surface area contributed by atoms with E-state index in [1.807, 2.05) is 27.7 Å². The minimum Gasteiger partial charge on any atom is -0.480 e. The van der Waals surface area contributed by atoms with E-state index in [1.54, 1.807) is 0 Å². The topological polar surface area (TPSA) is 86.6 Å². The van der Waals surface area contributed by atoms with Crippen LogP contribution in [0, 0.1) is 11.8 Å². The van der Waals surface area contributed by atoms with Gasteiger partial charge in [0.15, 0.2) is 0 Å². The van der Waals surface area contributed by atoms with Crippen molar-refractivity contribution >= 4 is 11.9 Å². The normalized spacial score (nSPS) is 14.8. The van der Waals surface area contributed by atoms with Gasteiger partial charge in [0.25, 0.3) is 0 Å². The van der Waals surface area contributed by atoms with Crippen molar-refractivity contribution in [3.05, 3.63) is 0 Å². The molecule has 100 valence electrons. The minimum absolute atomic E-state index is 0.165. The van der Waals surface area contributed by atoms with Crippen LogP contribution in [0.4, 0.5) is 0 Å². The van der Waals surface area contributed by atoms with E-state index in [4.69, 9.17) is 5.11 Å². The van der Waals surface area contributed by atoms with Crippen molar-refractivity contribution in [1.82, 2.24) is 5.32 Å². The van der Waals surface area contributed by atoms with E-state index in [0.717, 1.165) is 0 Å². The van der Waals surface area contributed by atoms with Gasteiger partial charge in [0.1, 0.15) is 12.1 Å². The summed E-state index contributed by atoms with van der Waals surface area (Å²) >= 11 is 0. The molecule has 0 heterocycles. The molecule has 0 rings (SSSR count). The Balaban J connectivity index is 4.35. The first-order valence-corrected chi connectivity index (χ1v) is 5.95. The first-order valence-electron chi connectivity index (χ1n) is 5.95. The zero-order valence-corrected chi connectivity index (χ0v) is 10.9. The maximum Gasteiger partial charge on any atom is 0.326 e. The molecule has 0 fully saturated rings. The van der Waals surface area contributed by atoms with Crippen LogP contribution in [0.3, 0.4) is 0 Å². The monoisotopic (exact) mass is 245 g/mol. The number of carboxylic acids is 1. The van der Waals surface area contributed by atoms with Gasteiger partial charge in [-0.2, -0.15) is 0 Å². The third-order valence-electron chi connectivity index (χ3n) is 2.32. The van der Waals surface area contributed by atoms with Gasteiger partial charge in [0.05, 0.1) is 0 Å². The number of hydrogen-bond acceptors (Lipinski definition) is 3. The van der Waals surface area contributed by atoms with Gasteiger partial charge < -0.3 is 15.5 Å². The number of aliphatic hydroxyl groups excluding tert-OH is 1. The predicted molar refractivity (Wildman–Crippen MR) is 64.5 cm³/mol. The number of carbonyl (C=O) groups excluding carboxylic acids is 1. The van der Waals surface area contributed by atoms with Gasteiger partial charge in [-0.25, -0.2) is 4.79 Å². The Morgan fingerprint density at radius 1 is 1.06 bits per heavy atom. The number of amides is 1. The molecule has 0 aromatic rings. The first kappa shape index (κ1) is 15.9. The first-order chi connectivity index (χ1) is 7.73. The van der Waals surface area contributed by atoms with E-state index in [0.29, 0.717) is 12.8 Å². The number of aliphatic hydroxyl groups is 1. The van der Waals surface area contributed by atoms with Gasteiger partial charge in [-0.15, -0.1) is 0 Å². The number of hydrogen-bond donors (Lipinski definition) is 3. The van der Waals surface area contributed by atoms with E-state index in [2.05, 4.69) is 5.32 Å². The molecule has 0 aromatic heterocycles. The number of rotatable bonds is 7. The molecule has 2 atom stereocenters. The minimum atomic E-state index is -1.14. The van der Waals surface area contributed by atoms with Gasteiger partial charge in [-0.3, -0.25) is 4.79 Å². The Labute approximate surface area is 102 Å². The number of nitrogens with one attached hydrogen (secondary N) is 1. The number of carbonyl (C=O) groups is 2. The Kier molecular flexibility index (Phi) is 6.80. The lowest BCUT2D eigenvalue weighted by atomic mass is 10.0. The van der Waals surface area contributed by atoms with Crippen molar-refractivity contribution in [2.24, 2.45) is 11.8 Å². The molecule has 5 heteroatoms. The summed E-state index contributed by atoms with van der Waals surface area (Å²) in [6.45, 7) is 7.54. The molecule has 0 radical (unpaired) electrons. The van der Waals surface area contributed by atoms with E-state index in [-0.39, 0.29) is 11.8 Å². The zero-order chi connectivity index (χ0) is 13.6. The molecule has 0 spiro atoms. The van der Waals surface area contributed by atoms with E-state index < -0.39 is 24.0 Å². The number of carboxylic acid groups (broad SMARTS) is 1. The highest BCUT2D eigenvalue weighted by Gasteiger charge is 2.24. The second kappa shape index (κ2) is 7.27. The summed E-state index contributed by atoms with van der Waals surface area (Å²) in [6.07, 6.45) is -0.445. The molecule has 5 nitrogen and oxygen atoms in total. The van der Waals surface area contributed by atoms with Crippen LogP contribution < -0.4 is 5.32 Å². The zero-order valence-electron chi connectivity index (χ0n) is 10.9. The van der Waals surface area contributed by atoms with Crippen LogP contribution >= 0.6 is 0 Å². The van der Waals surface area contributed by atoms with Crippen molar-refractivity contribution in [2.75, 3.05) is 0 Å². The third kappa shape index (κ3) is 6.94. The maximum absolute atomic E-state index is 11.6. The molecule has 0 unspecified atom stereocenters. The van der Waals surface area contributed by atoms with Gasteiger partial charge >= 0.3 is 5.97 Å². The quantitative estimate of drug-likeness (QED) is 0.624. The van der Waals surface area contributed by atoms with Crippen molar-refractivity contribution in [3.8, 4) is 0 Å². The summed E-state index contributed by atoms with van der Waals surface area (Å²) < 4.78 is 0. The Morgan fingerprint density at radius 2 is 1.53 bits per heavy atom. The summed E-state index contributed by atoms with van der Waals surface area (Å²) in [5, 5.41) is 20.9. The molecule has 17 heavy (non-hydrogen) atoms. The largest absolute Gasteiger partial charge is 0.480 e. The maximum atomic E-state index is 11.6. The molecular formula is C12H23NO4. The lowest BCUT2D eigenvalue weighted by molar-refractivity contribution is -0.144. The fourth-order valence-corrected chi connectivity index (χ4v) is 1.51. The molecule has 0 bridgehead atoms. The van der Waals surface area contributed by atoms with Crippen LogP contribution in [0.15, 0.2) is 0 Å². The summed E-state index contributed by atoms with van der Waals surface area (Å²) in [4.78, 5) is 22.5. The summed E-state index contributed by atoms with van der Waals surface area (Å²) in [7, 11) is 0. The smallest absolute Gasteiger partial charge is 0.326 e. The Bertz CT molecular complexity index is 263. The molecule has 0 aliphatic rings. The van der Waals surface area contributed by atoms with Crippen LogP contribution in [0.1, 0.15) is 40.5 Å². The predicted octanol–water partition coefficient (Wildman–Crippen LogP) is 1.01. The van der Waals surface area contributed by atoms with Crippen LogP contribution in [0.25, 0.3) is 0 Å². The van der Waals surface area contributed by atoms with Gasteiger partial charge in [0.2, 0.25) is 5.91 Å². The average Bonchev–Trinajstić information content (AvgIpc) is 2.14. The number of aliphatic carboxylic acids is 1. The summed E-state index contributed by atoms with van der Waals surface area (Å²) in [6, 6.07) is -0.927. The summed E-state index contributed by atoms with van der Waals surface area (Å²) in [5.41, 5.74) is 0. The molecule has 0 aromatic carbocycles.